The zero-order chi connectivity index (χ0) is 21.9. The number of aromatic nitrogens is 1. The van der Waals surface area contributed by atoms with Crippen molar-refractivity contribution in [1.82, 2.24) is 9.88 Å². The summed E-state index contributed by atoms with van der Waals surface area (Å²) >= 11 is 0. The predicted octanol–water partition coefficient (Wildman–Crippen LogP) is 6.27. The van der Waals surface area contributed by atoms with Gasteiger partial charge in [0, 0.05) is 30.0 Å². The highest BCUT2D eigenvalue weighted by Gasteiger charge is 2.21. The average Bonchev–Trinajstić information content (AvgIpc) is 3.03. The summed E-state index contributed by atoms with van der Waals surface area (Å²) in [6.45, 7) is 7.77. The van der Waals surface area contributed by atoms with Crippen LogP contribution in [0.4, 0.5) is 0 Å². The summed E-state index contributed by atoms with van der Waals surface area (Å²) in [6.07, 6.45) is 1.07. The first-order chi connectivity index (χ1) is 15.7. The number of benzene rings is 3. The molecular formula is C29H30N2O. The molecule has 162 valence electrons. The van der Waals surface area contributed by atoms with Crippen molar-refractivity contribution in [2.24, 2.45) is 0 Å². The van der Waals surface area contributed by atoms with Gasteiger partial charge in [0.05, 0.1) is 5.52 Å². The van der Waals surface area contributed by atoms with Gasteiger partial charge >= 0.3 is 0 Å². The van der Waals surface area contributed by atoms with Gasteiger partial charge in [0.25, 0.3) is 0 Å². The summed E-state index contributed by atoms with van der Waals surface area (Å²) in [5.74, 6) is 1.19. The third-order valence-electron chi connectivity index (χ3n) is 6.62. The van der Waals surface area contributed by atoms with Crippen molar-refractivity contribution < 1.29 is 4.74 Å². The molecule has 1 aromatic heterocycles. The Labute approximate surface area is 190 Å². The molecule has 0 saturated heterocycles. The number of nitrogens with zero attached hydrogens (tertiary/aromatic N) is 2. The van der Waals surface area contributed by atoms with Crippen LogP contribution in [-0.2, 0) is 6.54 Å². The number of hydrogen-bond donors (Lipinski definition) is 0. The van der Waals surface area contributed by atoms with E-state index in [1.165, 1.54) is 33.2 Å². The van der Waals surface area contributed by atoms with Crippen LogP contribution in [0.5, 0.6) is 5.88 Å². The van der Waals surface area contributed by atoms with E-state index in [-0.39, 0.29) is 0 Å². The maximum absolute atomic E-state index is 6.10. The Balaban J connectivity index is 1.39. The van der Waals surface area contributed by atoms with Gasteiger partial charge in [-0.2, -0.15) is 0 Å². The van der Waals surface area contributed by atoms with Crippen LogP contribution in [0.2, 0.25) is 0 Å². The Bertz CT molecular complexity index is 1160. The van der Waals surface area contributed by atoms with Crippen molar-refractivity contribution in [3.8, 4) is 5.88 Å². The fourth-order valence-electron chi connectivity index (χ4n) is 4.79. The molecule has 0 radical (unpaired) electrons. The van der Waals surface area contributed by atoms with Gasteiger partial charge in [-0.05, 0) is 55.1 Å². The Kier molecular flexibility index (Phi) is 5.91. The molecule has 0 fully saturated rings. The molecule has 3 aromatic carbocycles. The minimum atomic E-state index is 0.390. The lowest BCUT2D eigenvalue weighted by Gasteiger charge is -2.24. The van der Waals surface area contributed by atoms with Crippen molar-refractivity contribution in [3.63, 3.8) is 0 Å². The van der Waals surface area contributed by atoms with Gasteiger partial charge in [-0.3, -0.25) is 4.90 Å². The zero-order valence-electron chi connectivity index (χ0n) is 18.9. The highest BCUT2D eigenvalue weighted by molar-refractivity contribution is 5.86. The topological polar surface area (TPSA) is 25.4 Å². The van der Waals surface area contributed by atoms with Crippen molar-refractivity contribution in [2.45, 2.75) is 32.7 Å². The summed E-state index contributed by atoms with van der Waals surface area (Å²) in [5, 5.41) is 1.24. The molecule has 2 heterocycles. The molecule has 0 bridgehead atoms. The number of hydrogen-bond acceptors (Lipinski definition) is 3. The fraction of sp³-hybridized carbons (Fsp3) is 0.276. The Morgan fingerprint density at radius 2 is 1.53 bits per heavy atom. The van der Waals surface area contributed by atoms with Gasteiger partial charge in [0.2, 0.25) is 5.88 Å². The highest BCUT2D eigenvalue weighted by atomic mass is 16.5. The third-order valence-corrected chi connectivity index (χ3v) is 6.62. The van der Waals surface area contributed by atoms with Crippen molar-refractivity contribution in [1.29, 1.82) is 0 Å². The van der Waals surface area contributed by atoms with Gasteiger partial charge in [-0.15, -0.1) is 0 Å². The van der Waals surface area contributed by atoms with E-state index in [1.54, 1.807) is 0 Å². The molecule has 0 N–H and O–H groups in total. The first-order valence-electron chi connectivity index (χ1n) is 11.5. The number of ether oxygens (including phenoxy) is 1. The van der Waals surface area contributed by atoms with E-state index >= 15 is 0 Å². The molecule has 5 rings (SSSR count). The van der Waals surface area contributed by atoms with Crippen molar-refractivity contribution >= 4 is 10.9 Å². The molecule has 0 spiro atoms. The number of aryl methyl sites for hydroxylation is 2. The summed E-state index contributed by atoms with van der Waals surface area (Å²) in [7, 11) is 0. The Hall–Kier alpha value is -3.17. The average molecular weight is 423 g/mol. The predicted molar refractivity (Wildman–Crippen MR) is 131 cm³/mol. The lowest BCUT2D eigenvalue weighted by molar-refractivity contribution is 0.219. The lowest BCUT2D eigenvalue weighted by atomic mass is 9.88. The van der Waals surface area contributed by atoms with E-state index in [0.29, 0.717) is 12.5 Å². The minimum absolute atomic E-state index is 0.390. The van der Waals surface area contributed by atoms with E-state index < -0.39 is 0 Å². The molecule has 0 amide bonds. The van der Waals surface area contributed by atoms with Gasteiger partial charge in [0.15, 0.2) is 0 Å². The maximum atomic E-state index is 6.10. The number of rotatable bonds is 5. The first kappa shape index (κ1) is 20.7. The van der Waals surface area contributed by atoms with E-state index in [9.17, 15) is 0 Å². The van der Waals surface area contributed by atoms with Gasteiger partial charge in [-0.1, -0.05) is 72.8 Å². The summed E-state index contributed by atoms with van der Waals surface area (Å²) in [4.78, 5) is 7.43. The number of pyridine rings is 1. The molecule has 3 nitrogen and oxygen atoms in total. The molecule has 4 aromatic rings. The van der Waals surface area contributed by atoms with Crippen LogP contribution < -0.4 is 4.74 Å². The smallest absolute Gasteiger partial charge is 0.218 e. The van der Waals surface area contributed by atoms with E-state index in [0.717, 1.165) is 37.5 Å². The van der Waals surface area contributed by atoms with Crippen LogP contribution in [0.25, 0.3) is 10.9 Å². The molecule has 3 heteroatoms. The minimum Gasteiger partial charge on any atom is -0.476 e. The van der Waals surface area contributed by atoms with E-state index in [1.807, 2.05) is 0 Å². The summed E-state index contributed by atoms with van der Waals surface area (Å²) in [6, 6.07) is 28.4. The second-order valence-corrected chi connectivity index (χ2v) is 8.84. The number of fused-ring (bicyclic) bond motifs is 2. The summed E-state index contributed by atoms with van der Waals surface area (Å²) < 4.78 is 6.10. The maximum Gasteiger partial charge on any atom is 0.218 e. The van der Waals surface area contributed by atoms with Crippen LogP contribution in [0.1, 0.15) is 40.2 Å². The molecule has 1 aliphatic rings. The molecule has 0 unspecified atom stereocenters. The normalized spacial score (nSPS) is 14.2. The second-order valence-electron chi connectivity index (χ2n) is 8.84. The van der Waals surface area contributed by atoms with E-state index in [2.05, 4.69) is 97.6 Å². The first-order valence-corrected chi connectivity index (χ1v) is 11.5. The van der Waals surface area contributed by atoms with Gasteiger partial charge in [-0.25, -0.2) is 4.98 Å². The molecule has 1 aliphatic heterocycles. The SMILES string of the molecule is Cc1ccc(C)c2nc3c(cc12)CN(CCC(c1ccccc1)c1ccccc1)CCO3. The molecule has 0 aliphatic carbocycles. The van der Waals surface area contributed by atoms with Crippen LogP contribution in [0, 0.1) is 13.8 Å². The zero-order valence-corrected chi connectivity index (χ0v) is 18.9. The lowest BCUT2D eigenvalue weighted by Crippen LogP contribution is -2.28. The third kappa shape index (κ3) is 4.26. The second kappa shape index (κ2) is 9.13. The van der Waals surface area contributed by atoms with Crippen LogP contribution in [0.3, 0.4) is 0 Å². The van der Waals surface area contributed by atoms with Crippen molar-refractivity contribution in [2.75, 3.05) is 19.7 Å². The van der Waals surface area contributed by atoms with Crippen LogP contribution >= 0.6 is 0 Å². The highest BCUT2D eigenvalue weighted by Crippen LogP contribution is 2.31. The molecule has 32 heavy (non-hydrogen) atoms. The van der Waals surface area contributed by atoms with E-state index in [4.69, 9.17) is 9.72 Å². The Morgan fingerprint density at radius 1 is 0.875 bits per heavy atom. The van der Waals surface area contributed by atoms with Crippen LogP contribution in [-0.4, -0.2) is 29.6 Å². The van der Waals surface area contributed by atoms with Gasteiger partial charge < -0.3 is 4.74 Å². The summed E-state index contributed by atoms with van der Waals surface area (Å²) in [5.41, 5.74) is 7.48. The molecule has 0 saturated carbocycles. The van der Waals surface area contributed by atoms with Gasteiger partial charge in [0.1, 0.15) is 6.61 Å². The largest absolute Gasteiger partial charge is 0.476 e. The van der Waals surface area contributed by atoms with Crippen LogP contribution in [0.15, 0.2) is 78.9 Å². The quantitative estimate of drug-likeness (QED) is 0.379. The standard InChI is InChI=1S/C29H30N2O/c1-21-13-14-22(2)28-27(21)19-25-20-31(17-18-32-29(25)30-28)16-15-26(23-9-5-3-6-10-23)24-11-7-4-8-12-24/h3-14,19,26H,15-18,20H2,1-2H3. The molecule has 0 atom stereocenters. The fourth-order valence-corrected chi connectivity index (χ4v) is 4.79. The Morgan fingerprint density at radius 3 is 2.22 bits per heavy atom. The monoisotopic (exact) mass is 422 g/mol. The molecular weight excluding hydrogens is 392 g/mol. The van der Waals surface area contributed by atoms with Crippen molar-refractivity contribution in [3.05, 3.63) is 107 Å².